The average molecular weight is 561 g/mol. The Morgan fingerprint density at radius 3 is 2.17 bits per heavy atom. The van der Waals surface area contributed by atoms with Gasteiger partial charge in [-0.3, -0.25) is 9.59 Å². The molecule has 0 radical (unpaired) electrons. The van der Waals surface area contributed by atoms with Crippen LogP contribution in [-0.2, 0) is 4.79 Å². The molecule has 0 aromatic heterocycles. The van der Waals surface area contributed by atoms with Crippen molar-refractivity contribution in [1.29, 1.82) is 0 Å². The third-order valence-electron chi connectivity index (χ3n) is 6.72. The first-order chi connectivity index (χ1) is 19.8. The van der Waals surface area contributed by atoms with Gasteiger partial charge in [0.2, 0.25) is 5.91 Å². The van der Waals surface area contributed by atoms with Gasteiger partial charge in [0.15, 0.2) is 0 Å². The standard InChI is InChI=1S/C34H28N2O4S/c1-21-17-18-22(2)29(19-21)36-33(38)31(24-9-4-3-5-10-24)41-26-14-8-13-25(20-26)35-32(37)27-15-6-11-23-12-7-16-28(30(23)27)34(39)40/h3-20,31H,1-2H3,(H,35,37)(H,36,38)(H,39,40). The maximum atomic E-state index is 13.6. The lowest BCUT2D eigenvalue weighted by Gasteiger charge is -2.19. The van der Waals surface area contributed by atoms with E-state index in [0.29, 0.717) is 16.5 Å². The zero-order chi connectivity index (χ0) is 28.9. The molecule has 0 spiro atoms. The molecule has 5 aromatic carbocycles. The number of nitrogens with one attached hydrogen (secondary N) is 2. The Balaban J connectivity index is 1.41. The highest BCUT2D eigenvalue weighted by Gasteiger charge is 2.23. The molecule has 2 amide bonds. The van der Waals surface area contributed by atoms with Gasteiger partial charge in [-0.1, -0.05) is 72.8 Å². The molecule has 0 aliphatic rings. The molecule has 0 fully saturated rings. The molecule has 0 bridgehead atoms. The van der Waals surface area contributed by atoms with Crippen LogP contribution < -0.4 is 10.6 Å². The first-order valence-electron chi connectivity index (χ1n) is 13.1. The van der Waals surface area contributed by atoms with Gasteiger partial charge in [0, 0.05) is 27.2 Å². The topological polar surface area (TPSA) is 95.5 Å². The summed E-state index contributed by atoms with van der Waals surface area (Å²) in [7, 11) is 0. The van der Waals surface area contributed by atoms with Gasteiger partial charge in [0.05, 0.1) is 5.56 Å². The molecule has 0 heterocycles. The number of amides is 2. The van der Waals surface area contributed by atoms with E-state index in [1.807, 2.05) is 80.6 Å². The van der Waals surface area contributed by atoms with Crippen molar-refractivity contribution >= 4 is 51.7 Å². The summed E-state index contributed by atoms with van der Waals surface area (Å²) in [5, 5.41) is 16.2. The minimum atomic E-state index is -1.10. The number of hydrogen-bond acceptors (Lipinski definition) is 4. The maximum Gasteiger partial charge on any atom is 0.336 e. The third-order valence-corrected chi connectivity index (χ3v) is 7.97. The number of fused-ring (bicyclic) bond motifs is 1. The van der Waals surface area contributed by atoms with E-state index < -0.39 is 17.1 Å². The number of carboxylic acid groups (broad SMARTS) is 1. The number of carboxylic acids is 1. The van der Waals surface area contributed by atoms with Crippen molar-refractivity contribution in [3.8, 4) is 0 Å². The monoisotopic (exact) mass is 560 g/mol. The normalized spacial score (nSPS) is 11.6. The SMILES string of the molecule is Cc1ccc(C)c(NC(=O)C(Sc2cccc(NC(=O)c3cccc4cccc(C(=O)O)c34)c2)c2ccccc2)c1. The highest BCUT2D eigenvalue weighted by Crippen LogP contribution is 2.37. The molecule has 5 aromatic rings. The molecule has 1 unspecified atom stereocenters. The van der Waals surface area contributed by atoms with Crippen LogP contribution in [0.5, 0.6) is 0 Å². The quantitative estimate of drug-likeness (QED) is 0.168. The highest BCUT2D eigenvalue weighted by molar-refractivity contribution is 8.00. The number of anilines is 2. The van der Waals surface area contributed by atoms with E-state index in [0.717, 1.165) is 27.3 Å². The molecular formula is C34H28N2O4S. The highest BCUT2D eigenvalue weighted by atomic mass is 32.2. The number of benzene rings is 5. The molecule has 41 heavy (non-hydrogen) atoms. The van der Waals surface area contributed by atoms with Crippen LogP contribution in [0.4, 0.5) is 11.4 Å². The summed E-state index contributed by atoms with van der Waals surface area (Å²) in [5.41, 5.74) is 4.53. The van der Waals surface area contributed by atoms with Gasteiger partial charge in [0.1, 0.15) is 5.25 Å². The van der Waals surface area contributed by atoms with E-state index >= 15 is 0 Å². The molecule has 1 atom stereocenters. The number of carbonyl (C=O) groups excluding carboxylic acids is 2. The molecule has 0 saturated heterocycles. The van der Waals surface area contributed by atoms with Crippen LogP contribution in [0.2, 0.25) is 0 Å². The van der Waals surface area contributed by atoms with Crippen LogP contribution in [0, 0.1) is 13.8 Å². The summed E-state index contributed by atoms with van der Waals surface area (Å²) >= 11 is 1.38. The summed E-state index contributed by atoms with van der Waals surface area (Å²) < 4.78 is 0. The van der Waals surface area contributed by atoms with Crippen LogP contribution in [0.25, 0.3) is 10.8 Å². The van der Waals surface area contributed by atoms with E-state index in [1.165, 1.54) is 17.8 Å². The van der Waals surface area contributed by atoms with E-state index in [2.05, 4.69) is 10.6 Å². The van der Waals surface area contributed by atoms with E-state index in [1.54, 1.807) is 36.4 Å². The molecule has 204 valence electrons. The van der Waals surface area contributed by atoms with Gasteiger partial charge in [-0.25, -0.2) is 4.79 Å². The molecular weight excluding hydrogens is 532 g/mol. The molecule has 3 N–H and O–H groups in total. The number of aryl methyl sites for hydroxylation is 2. The molecule has 6 nitrogen and oxygen atoms in total. The number of rotatable bonds is 8. The zero-order valence-electron chi connectivity index (χ0n) is 22.5. The second-order valence-corrected chi connectivity index (χ2v) is 10.9. The van der Waals surface area contributed by atoms with Crippen LogP contribution in [0.15, 0.2) is 114 Å². The van der Waals surface area contributed by atoms with Crippen LogP contribution in [-0.4, -0.2) is 22.9 Å². The van der Waals surface area contributed by atoms with Crippen molar-refractivity contribution in [2.45, 2.75) is 24.0 Å². The Morgan fingerprint density at radius 1 is 0.732 bits per heavy atom. The van der Waals surface area contributed by atoms with E-state index in [4.69, 9.17) is 0 Å². The van der Waals surface area contributed by atoms with Crippen LogP contribution >= 0.6 is 11.8 Å². The molecule has 0 aliphatic carbocycles. The minimum Gasteiger partial charge on any atom is -0.478 e. The predicted molar refractivity (Wildman–Crippen MR) is 165 cm³/mol. The summed E-state index contributed by atoms with van der Waals surface area (Å²) in [4.78, 5) is 39.6. The lowest BCUT2D eigenvalue weighted by molar-refractivity contribution is -0.115. The molecule has 0 aliphatic heterocycles. The molecule has 0 saturated carbocycles. The van der Waals surface area contributed by atoms with Crippen molar-refractivity contribution in [3.05, 3.63) is 137 Å². The Labute approximate surface area is 242 Å². The number of carbonyl (C=O) groups is 3. The Bertz CT molecular complexity index is 1760. The first kappa shape index (κ1) is 27.7. The number of hydrogen-bond donors (Lipinski definition) is 3. The first-order valence-corrected chi connectivity index (χ1v) is 13.9. The van der Waals surface area contributed by atoms with Gasteiger partial charge in [-0.2, -0.15) is 0 Å². The van der Waals surface area contributed by atoms with Gasteiger partial charge in [-0.15, -0.1) is 11.8 Å². The number of thioether (sulfide) groups is 1. The fourth-order valence-electron chi connectivity index (χ4n) is 4.66. The smallest absolute Gasteiger partial charge is 0.336 e. The number of aromatic carboxylic acids is 1. The van der Waals surface area contributed by atoms with Crippen molar-refractivity contribution < 1.29 is 19.5 Å². The van der Waals surface area contributed by atoms with Crippen LogP contribution in [0.1, 0.15) is 42.7 Å². The predicted octanol–water partition coefficient (Wildman–Crippen LogP) is 7.88. The van der Waals surface area contributed by atoms with Crippen molar-refractivity contribution in [1.82, 2.24) is 0 Å². The summed E-state index contributed by atoms with van der Waals surface area (Å²) in [6, 6.07) is 32.9. The average Bonchev–Trinajstić information content (AvgIpc) is 2.97. The fourth-order valence-corrected chi connectivity index (χ4v) is 5.74. The minimum absolute atomic E-state index is 0.0677. The van der Waals surface area contributed by atoms with Gasteiger partial charge in [0.25, 0.3) is 5.91 Å². The summed E-state index contributed by atoms with van der Waals surface area (Å²) in [6.07, 6.45) is 0. The summed E-state index contributed by atoms with van der Waals surface area (Å²) in [6.45, 7) is 3.94. The molecule has 7 heteroatoms. The second-order valence-electron chi connectivity index (χ2n) is 9.71. The second kappa shape index (κ2) is 12.1. The van der Waals surface area contributed by atoms with Crippen molar-refractivity contribution in [2.75, 3.05) is 10.6 Å². The van der Waals surface area contributed by atoms with Crippen LogP contribution in [0.3, 0.4) is 0 Å². The lowest BCUT2D eigenvalue weighted by Crippen LogP contribution is -2.19. The summed E-state index contributed by atoms with van der Waals surface area (Å²) in [5.74, 6) is -1.67. The van der Waals surface area contributed by atoms with E-state index in [9.17, 15) is 19.5 Å². The Morgan fingerprint density at radius 2 is 1.44 bits per heavy atom. The van der Waals surface area contributed by atoms with Gasteiger partial charge >= 0.3 is 5.97 Å². The molecule has 5 rings (SSSR count). The van der Waals surface area contributed by atoms with Gasteiger partial charge < -0.3 is 15.7 Å². The Kier molecular flexibility index (Phi) is 8.17. The fraction of sp³-hybridized carbons (Fsp3) is 0.0882. The van der Waals surface area contributed by atoms with Crippen molar-refractivity contribution in [2.24, 2.45) is 0 Å². The lowest BCUT2D eigenvalue weighted by atomic mass is 9.98. The Hall–Kier alpha value is -4.88. The van der Waals surface area contributed by atoms with Gasteiger partial charge in [-0.05, 0) is 72.3 Å². The largest absolute Gasteiger partial charge is 0.478 e. The third kappa shape index (κ3) is 6.31. The zero-order valence-corrected chi connectivity index (χ0v) is 23.4. The van der Waals surface area contributed by atoms with E-state index in [-0.39, 0.29) is 17.0 Å². The maximum absolute atomic E-state index is 13.6. The van der Waals surface area contributed by atoms with Crippen molar-refractivity contribution in [3.63, 3.8) is 0 Å².